The van der Waals surface area contributed by atoms with Crippen LogP contribution >= 0.6 is 23.6 Å². The van der Waals surface area contributed by atoms with Crippen LogP contribution in [0.5, 0.6) is 5.75 Å². The molecule has 0 saturated heterocycles. The van der Waals surface area contributed by atoms with Crippen LogP contribution in [0.25, 0.3) is 10.4 Å². The molecule has 1 aromatic heterocycles. The van der Waals surface area contributed by atoms with Gasteiger partial charge >= 0.3 is 5.97 Å². The molecule has 0 aliphatic carbocycles. The SMILES string of the molecule is CCCCCCCCCC(=O)On1c(C)c(-c2ccc(OC)cc2)sc1=S. The summed E-state index contributed by atoms with van der Waals surface area (Å²) in [6, 6.07) is 7.79. The summed E-state index contributed by atoms with van der Waals surface area (Å²) in [5.74, 6) is 0.586. The molecule has 0 radical (unpaired) electrons. The summed E-state index contributed by atoms with van der Waals surface area (Å²) >= 11 is 6.85. The third-order valence-electron chi connectivity index (χ3n) is 4.52. The maximum Gasteiger partial charge on any atom is 0.332 e. The number of thiazole rings is 1. The Balaban J connectivity index is 1.90. The van der Waals surface area contributed by atoms with E-state index in [1.165, 1.54) is 48.2 Å². The monoisotopic (exact) mass is 407 g/mol. The molecule has 1 aromatic carbocycles. The summed E-state index contributed by atoms with van der Waals surface area (Å²) in [6.07, 6.45) is 8.66. The molecule has 0 aliphatic heterocycles. The highest BCUT2D eigenvalue weighted by molar-refractivity contribution is 7.73. The Bertz CT molecular complexity index is 778. The minimum Gasteiger partial charge on any atom is -0.497 e. The van der Waals surface area contributed by atoms with Gasteiger partial charge in [0.15, 0.2) is 3.95 Å². The molecule has 4 nitrogen and oxygen atoms in total. The third-order valence-corrected chi connectivity index (χ3v) is 6.01. The Kier molecular flexibility index (Phi) is 9.01. The number of benzene rings is 1. The van der Waals surface area contributed by atoms with Crippen LogP contribution in [0.4, 0.5) is 0 Å². The van der Waals surface area contributed by atoms with Crippen LogP contribution < -0.4 is 9.57 Å². The third kappa shape index (κ3) is 6.47. The number of carbonyl (C=O) groups is 1. The Hall–Kier alpha value is -1.66. The molecule has 27 heavy (non-hydrogen) atoms. The summed E-state index contributed by atoms with van der Waals surface area (Å²) in [5, 5.41) is 0. The fourth-order valence-corrected chi connectivity index (χ4v) is 4.26. The van der Waals surface area contributed by atoms with Gasteiger partial charge in [-0.3, -0.25) is 0 Å². The fraction of sp³-hybridized carbons (Fsp3) is 0.524. The molecular formula is C21H29NO3S2. The molecule has 2 rings (SSSR count). The van der Waals surface area contributed by atoms with Gasteiger partial charge in [-0.1, -0.05) is 45.4 Å². The van der Waals surface area contributed by atoms with Gasteiger partial charge in [0.1, 0.15) is 5.75 Å². The van der Waals surface area contributed by atoms with Crippen molar-refractivity contribution in [2.24, 2.45) is 0 Å². The van der Waals surface area contributed by atoms with Crippen molar-refractivity contribution in [2.75, 3.05) is 7.11 Å². The molecule has 0 aliphatic rings. The highest BCUT2D eigenvalue weighted by Crippen LogP contribution is 2.31. The molecular weight excluding hydrogens is 378 g/mol. The summed E-state index contributed by atoms with van der Waals surface area (Å²) in [7, 11) is 1.64. The Morgan fingerprint density at radius 3 is 2.33 bits per heavy atom. The predicted molar refractivity (Wildman–Crippen MR) is 114 cm³/mol. The second kappa shape index (κ2) is 11.2. The van der Waals surface area contributed by atoms with E-state index in [4.69, 9.17) is 21.8 Å². The van der Waals surface area contributed by atoms with Gasteiger partial charge in [0, 0.05) is 6.42 Å². The van der Waals surface area contributed by atoms with Crippen LogP contribution in [0.3, 0.4) is 0 Å². The van der Waals surface area contributed by atoms with Gasteiger partial charge in [0.2, 0.25) is 0 Å². The average molecular weight is 408 g/mol. The van der Waals surface area contributed by atoms with E-state index in [0.29, 0.717) is 10.4 Å². The molecule has 1 heterocycles. The zero-order valence-electron chi connectivity index (χ0n) is 16.5. The lowest BCUT2D eigenvalue weighted by Crippen LogP contribution is -2.20. The first kappa shape index (κ1) is 21.6. The quantitative estimate of drug-likeness (QED) is 0.321. The van der Waals surface area contributed by atoms with Crippen LogP contribution in [-0.2, 0) is 4.79 Å². The van der Waals surface area contributed by atoms with Crippen LogP contribution in [0, 0.1) is 10.9 Å². The largest absolute Gasteiger partial charge is 0.497 e. The molecule has 0 bridgehead atoms. The Labute approximate surface area is 171 Å². The van der Waals surface area contributed by atoms with Crippen LogP contribution in [0.15, 0.2) is 24.3 Å². The number of aromatic nitrogens is 1. The molecule has 0 atom stereocenters. The van der Waals surface area contributed by atoms with E-state index in [2.05, 4.69) is 6.92 Å². The highest BCUT2D eigenvalue weighted by atomic mass is 32.1. The van der Waals surface area contributed by atoms with Gasteiger partial charge in [-0.25, -0.2) is 4.79 Å². The fourth-order valence-electron chi connectivity index (χ4n) is 2.92. The minimum atomic E-state index is -0.221. The lowest BCUT2D eigenvalue weighted by molar-refractivity contribution is -0.144. The first-order valence-corrected chi connectivity index (χ1v) is 10.9. The minimum absolute atomic E-state index is 0.221. The number of methoxy groups -OCH3 is 1. The van der Waals surface area contributed by atoms with Gasteiger partial charge < -0.3 is 9.57 Å². The predicted octanol–water partition coefficient (Wildman–Crippen LogP) is 6.36. The van der Waals surface area contributed by atoms with E-state index in [-0.39, 0.29) is 5.97 Å². The molecule has 0 unspecified atom stereocenters. The number of hydrogen-bond acceptors (Lipinski definition) is 5. The topological polar surface area (TPSA) is 40.5 Å². The van der Waals surface area contributed by atoms with Gasteiger partial charge in [-0.05, 0) is 55.4 Å². The standard InChI is InChI=1S/C21H29NO3S2/c1-4-5-6-7-8-9-10-11-19(23)25-22-16(2)20(27-21(22)26)17-12-14-18(24-3)15-13-17/h12-15H,4-11H2,1-3H3. The Morgan fingerprint density at radius 1 is 1.07 bits per heavy atom. The molecule has 0 saturated carbocycles. The zero-order chi connectivity index (χ0) is 19.6. The van der Waals surface area contributed by atoms with Crippen molar-refractivity contribution in [2.45, 2.75) is 65.2 Å². The first-order chi connectivity index (χ1) is 13.1. The van der Waals surface area contributed by atoms with E-state index >= 15 is 0 Å². The van der Waals surface area contributed by atoms with E-state index in [0.717, 1.165) is 34.7 Å². The van der Waals surface area contributed by atoms with Crippen LogP contribution in [-0.4, -0.2) is 17.8 Å². The van der Waals surface area contributed by atoms with Crippen molar-refractivity contribution < 1.29 is 14.4 Å². The summed E-state index contributed by atoms with van der Waals surface area (Å²) in [4.78, 5) is 18.7. The van der Waals surface area contributed by atoms with Crippen molar-refractivity contribution in [3.63, 3.8) is 0 Å². The number of ether oxygens (including phenoxy) is 1. The summed E-state index contributed by atoms with van der Waals surface area (Å²) in [5.41, 5.74) is 1.88. The summed E-state index contributed by atoms with van der Waals surface area (Å²) < 4.78 is 7.24. The lowest BCUT2D eigenvalue weighted by atomic mass is 10.1. The van der Waals surface area contributed by atoms with Crippen molar-refractivity contribution in [3.05, 3.63) is 33.9 Å². The maximum atomic E-state index is 12.2. The van der Waals surface area contributed by atoms with Gasteiger partial charge in [0.25, 0.3) is 0 Å². The van der Waals surface area contributed by atoms with E-state index in [1.54, 1.807) is 7.11 Å². The van der Waals surface area contributed by atoms with Crippen molar-refractivity contribution in [1.82, 2.24) is 4.73 Å². The van der Waals surface area contributed by atoms with E-state index < -0.39 is 0 Å². The van der Waals surface area contributed by atoms with Crippen LogP contribution in [0.2, 0.25) is 0 Å². The van der Waals surface area contributed by atoms with E-state index in [9.17, 15) is 4.79 Å². The molecule has 0 fully saturated rings. The average Bonchev–Trinajstić information content (AvgIpc) is 2.95. The molecule has 0 spiro atoms. The summed E-state index contributed by atoms with van der Waals surface area (Å²) in [6.45, 7) is 4.14. The molecule has 0 amide bonds. The van der Waals surface area contributed by atoms with Gasteiger partial charge in [-0.2, -0.15) is 4.73 Å². The highest BCUT2D eigenvalue weighted by Gasteiger charge is 2.15. The van der Waals surface area contributed by atoms with Crippen molar-refractivity contribution in [3.8, 4) is 16.2 Å². The smallest absolute Gasteiger partial charge is 0.332 e. The number of nitrogens with zero attached hydrogens (tertiary/aromatic N) is 1. The van der Waals surface area contributed by atoms with Gasteiger partial charge in [0.05, 0.1) is 17.7 Å². The number of unbranched alkanes of at least 4 members (excludes halogenated alkanes) is 6. The van der Waals surface area contributed by atoms with Crippen molar-refractivity contribution >= 4 is 29.5 Å². The van der Waals surface area contributed by atoms with Gasteiger partial charge in [-0.15, -0.1) is 11.3 Å². The molecule has 6 heteroatoms. The number of carbonyl (C=O) groups excluding carboxylic acids is 1. The lowest BCUT2D eigenvalue weighted by Gasteiger charge is -2.08. The van der Waals surface area contributed by atoms with Crippen molar-refractivity contribution in [1.29, 1.82) is 0 Å². The van der Waals surface area contributed by atoms with Crippen LogP contribution in [0.1, 0.15) is 64.0 Å². The number of hydrogen-bond donors (Lipinski definition) is 0. The number of rotatable bonds is 11. The normalized spacial score (nSPS) is 10.8. The second-order valence-electron chi connectivity index (χ2n) is 6.64. The van der Waals surface area contributed by atoms with E-state index in [1.807, 2.05) is 31.2 Å². The Morgan fingerprint density at radius 2 is 1.70 bits per heavy atom. The maximum absolute atomic E-state index is 12.2. The molecule has 2 aromatic rings. The molecule has 148 valence electrons. The first-order valence-electron chi connectivity index (χ1n) is 9.64. The molecule has 0 N–H and O–H groups in total. The second-order valence-corrected chi connectivity index (χ2v) is 8.28. The zero-order valence-corrected chi connectivity index (χ0v) is 18.1.